The number of allylic oxidation sites excluding steroid dienone is 1. The molecule has 0 spiro atoms. The zero-order chi connectivity index (χ0) is 7.56. The highest BCUT2D eigenvalue weighted by Gasteiger charge is 2.17. The summed E-state index contributed by atoms with van der Waals surface area (Å²) in [6.45, 7) is 9.65. The second-order valence-electron chi connectivity index (χ2n) is 3.53. The van der Waals surface area contributed by atoms with Gasteiger partial charge in [-0.05, 0) is 24.7 Å². The molecule has 0 amide bonds. The van der Waals surface area contributed by atoms with E-state index in [4.69, 9.17) is 0 Å². The van der Waals surface area contributed by atoms with Gasteiger partial charge in [-0.15, -0.1) is 0 Å². The molecular weight excluding hydrogens is 122 g/mol. The average Bonchev–Trinajstić information content (AvgIpc) is 1.88. The summed E-state index contributed by atoms with van der Waals surface area (Å²) in [6, 6.07) is 0. The van der Waals surface area contributed by atoms with Crippen molar-refractivity contribution in [2.24, 2.45) is 11.8 Å². The smallest absolute Gasteiger partial charge is 0.0146 e. The third-order valence-electron chi connectivity index (χ3n) is 2.34. The molecule has 0 bridgehead atoms. The molecule has 1 nitrogen and oxygen atoms in total. The molecule has 1 heteroatoms. The summed E-state index contributed by atoms with van der Waals surface area (Å²) in [4.78, 5) is 0. The Kier molecular flexibility index (Phi) is 2.36. The summed E-state index contributed by atoms with van der Waals surface area (Å²) in [5.41, 5.74) is 1.23. The van der Waals surface area contributed by atoms with Crippen LogP contribution in [0.25, 0.3) is 0 Å². The van der Waals surface area contributed by atoms with Crippen molar-refractivity contribution >= 4 is 0 Å². The normalized spacial score (nSPS) is 26.7. The first-order valence-corrected chi connectivity index (χ1v) is 4.12. The second-order valence-corrected chi connectivity index (χ2v) is 3.53. The third-order valence-corrected chi connectivity index (χ3v) is 2.34. The van der Waals surface area contributed by atoms with Crippen LogP contribution in [-0.2, 0) is 0 Å². The van der Waals surface area contributed by atoms with Crippen molar-refractivity contribution in [2.45, 2.75) is 26.7 Å². The molecule has 1 rings (SSSR count). The van der Waals surface area contributed by atoms with E-state index in [1.165, 1.54) is 18.5 Å². The molecule has 58 valence electrons. The molecule has 1 aliphatic heterocycles. The zero-order valence-corrected chi connectivity index (χ0v) is 6.98. The van der Waals surface area contributed by atoms with Crippen LogP contribution in [-0.4, -0.2) is 6.54 Å². The van der Waals surface area contributed by atoms with Crippen molar-refractivity contribution in [3.05, 3.63) is 12.3 Å². The number of piperidine rings is 1. The molecule has 0 saturated carbocycles. The first-order chi connectivity index (χ1) is 4.70. The van der Waals surface area contributed by atoms with Gasteiger partial charge in [0, 0.05) is 12.2 Å². The monoisotopic (exact) mass is 139 g/mol. The predicted octanol–water partition coefficient (Wildman–Crippen LogP) is 2.16. The fraction of sp³-hybridized carbons (Fsp3) is 0.778. The molecule has 1 N–H and O–H groups in total. The average molecular weight is 139 g/mol. The summed E-state index contributed by atoms with van der Waals surface area (Å²) < 4.78 is 0. The summed E-state index contributed by atoms with van der Waals surface area (Å²) in [5, 5.41) is 3.27. The molecule has 1 unspecified atom stereocenters. The first kappa shape index (κ1) is 7.64. The van der Waals surface area contributed by atoms with Crippen molar-refractivity contribution in [3.8, 4) is 0 Å². The van der Waals surface area contributed by atoms with Gasteiger partial charge < -0.3 is 5.32 Å². The van der Waals surface area contributed by atoms with Gasteiger partial charge in [0.15, 0.2) is 0 Å². The van der Waals surface area contributed by atoms with E-state index >= 15 is 0 Å². The molecule has 0 aromatic rings. The molecule has 0 aromatic carbocycles. The number of hydrogen-bond donors (Lipinski definition) is 1. The molecule has 1 heterocycles. The van der Waals surface area contributed by atoms with Gasteiger partial charge in [0.2, 0.25) is 0 Å². The Labute approximate surface area is 63.5 Å². The van der Waals surface area contributed by atoms with Crippen molar-refractivity contribution in [1.82, 2.24) is 5.32 Å². The van der Waals surface area contributed by atoms with Gasteiger partial charge in [-0.1, -0.05) is 20.4 Å². The molecule has 0 aliphatic carbocycles. The summed E-state index contributed by atoms with van der Waals surface area (Å²) in [6.07, 6.45) is 2.49. The molecule has 1 aliphatic rings. The van der Waals surface area contributed by atoms with Crippen molar-refractivity contribution in [2.75, 3.05) is 6.54 Å². The minimum absolute atomic E-state index is 0.818. The Morgan fingerprint density at radius 1 is 1.60 bits per heavy atom. The van der Waals surface area contributed by atoms with Gasteiger partial charge in [-0.3, -0.25) is 0 Å². The van der Waals surface area contributed by atoms with Crippen LogP contribution in [0, 0.1) is 11.8 Å². The lowest BCUT2D eigenvalue weighted by atomic mass is 9.86. The lowest BCUT2D eigenvalue weighted by Crippen LogP contribution is -2.27. The quantitative estimate of drug-likeness (QED) is 0.587. The van der Waals surface area contributed by atoms with E-state index in [1.807, 2.05) is 0 Å². The molecule has 1 fully saturated rings. The molecule has 1 atom stereocenters. The Bertz CT molecular complexity index is 127. The Balaban J connectivity index is 2.39. The highest BCUT2D eigenvalue weighted by atomic mass is 14.9. The van der Waals surface area contributed by atoms with Gasteiger partial charge in [-0.2, -0.15) is 0 Å². The summed E-state index contributed by atoms with van der Waals surface area (Å²) in [5.74, 6) is 1.69. The van der Waals surface area contributed by atoms with Gasteiger partial charge >= 0.3 is 0 Å². The van der Waals surface area contributed by atoms with Gasteiger partial charge in [0.1, 0.15) is 0 Å². The Hall–Kier alpha value is -0.460. The van der Waals surface area contributed by atoms with Crippen LogP contribution in [0.5, 0.6) is 0 Å². The Morgan fingerprint density at radius 3 is 2.70 bits per heavy atom. The maximum atomic E-state index is 3.94. The largest absolute Gasteiger partial charge is 0.389 e. The van der Waals surface area contributed by atoms with Crippen LogP contribution in [0.1, 0.15) is 26.7 Å². The molecule has 0 radical (unpaired) electrons. The zero-order valence-electron chi connectivity index (χ0n) is 6.98. The van der Waals surface area contributed by atoms with Crippen LogP contribution in [0.15, 0.2) is 12.3 Å². The van der Waals surface area contributed by atoms with Crippen LogP contribution < -0.4 is 5.32 Å². The van der Waals surface area contributed by atoms with Gasteiger partial charge in [-0.25, -0.2) is 0 Å². The lowest BCUT2D eigenvalue weighted by Gasteiger charge is -2.27. The minimum Gasteiger partial charge on any atom is -0.389 e. The van der Waals surface area contributed by atoms with Crippen LogP contribution in [0.2, 0.25) is 0 Å². The van der Waals surface area contributed by atoms with Crippen molar-refractivity contribution < 1.29 is 0 Å². The fourth-order valence-electron chi connectivity index (χ4n) is 1.49. The van der Waals surface area contributed by atoms with Crippen LogP contribution >= 0.6 is 0 Å². The summed E-state index contributed by atoms with van der Waals surface area (Å²) >= 11 is 0. The highest BCUT2D eigenvalue weighted by Crippen LogP contribution is 2.24. The maximum absolute atomic E-state index is 3.94. The first-order valence-electron chi connectivity index (χ1n) is 4.12. The SMILES string of the molecule is C=C1CC(C(C)C)CCN1. The topological polar surface area (TPSA) is 12.0 Å². The van der Waals surface area contributed by atoms with Crippen LogP contribution in [0.4, 0.5) is 0 Å². The van der Waals surface area contributed by atoms with Crippen LogP contribution in [0.3, 0.4) is 0 Å². The van der Waals surface area contributed by atoms with Gasteiger partial charge in [0.05, 0.1) is 0 Å². The van der Waals surface area contributed by atoms with E-state index in [2.05, 4.69) is 25.7 Å². The van der Waals surface area contributed by atoms with E-state index in [0.717, 1.165) is 18.4 Å². The minimum atomic E-state index is 0.818. The second kappa shape index (κ2) is 3.09. The number of rotatable bonds is 1. The molecular formula is C9H17N. The molecule has 1 saturated heterocycles. The van der Waals surface area contributed by atoms with Crippen molar-refractivity contribution in [3.63, 3.8) is 0 Å². The van der Waals surface area contributed by atoms with E-state index in [1.54, 1.807) is 0 Å². The molecule has 10 heavy (non-hydrogen) atoms. The van der Waals surface area contributed by atoms with E-state index in [9.17, 15) is 0 Å². The molecule has 0 aromatic heterocycles. The number of nitrogens with one attached hydrogen (secondary N) is 1. The Morgan fingerprint density at radius 2 is 2.30 bits per heavy atom. The standard InChI is InChI=1S/C9H17N/c1-7(2)9-4-5-10-8(3)6-9/h7,9-10H,3-6H2,1-2H3. The highest BCUT2D eigenvalue weighted by molar-refractivity contribution is 4.97. The fourth-order valence-corrected chi connectivity index (χ4v) is 1.49. The maximum Gasteiger partial charge on any atom is 0.0146 e. The van der Waals surface area contributed by atoms with E-state index in [0.29, 0.717) is 0 Å². The van der Waals surface area contributed by atoms with E-state index < -0.39 is 0 Å². The van der Waals surface area contributed by atoms with Crippen molar-refractivity contribution in [1.29, 1.82) is 0 Å². The van der Waals surface area contributed by atoms with Gasteiger partial charge in [0.25, 0.3) is 0 Å². The third kappa shape index (κ3) is 1.76. The lowest BCUT2D eigenvalue weighted by molar-refractivity contribution is 0.321. The number of hydrogen-bond acceptors (Lipinski definition) is 1. The predicted molar refractivity (Wildman–Crippen MR) is 44.7 cm³/mol. The van der Waals surface area contributed by atoms with E-state index in [-0.39, 0.29) is 0 Å². The summed E-state index contributed by atoms with van der Waals surface area (Å²) in [7, 11) is 0.